The minimum absolute atomic E-state index is 0. The van der Waals surface area contributed by atoms with Gasteiger partial charge in [-0.3, -0.25) is 14.4 Å². The molecule has 0 bridgehead atoms. The Morgan fingerprint density at radius 2 is 1.38 bits per heavy atom. The van der Waals surface area contributed by atoms with Crippen LogP contribution in [0.4, 0.5) is 0 Å². The van der Waals surface area contributed by atoms with Gasteiger partial charge in [-0.15, -0.1) is 0 Å². The van der Waals surface area contributed by atoms with Gasteiger partial charge in [-0.1, -0.05) is 12.1 Å². The molecule has 241 valence electrons. The van der Waals surface area contributed by atoms with Gasteiger partial charge < -0.3 is 45.8 Å². The Morgan fingerprint density at radius 1 is 0.810 bits per heavy atom. The van der Waals surface area contributed by atoms with Gasteiger partial charge in [-0.2, -0.15) is 0 Å². The van der Waals surface area contributed by atoms with Crippen LogP contribution in [-0.2, 0) is 28.5 Å². The van der Waals surface area contributed by atoms with Crippen molar-refractivity contribution < 1.29 is 62.1 Å². The fourth-order valence-corrected chi connectivity index (χ4v) is 3.16. The zero-order valence-electron chi connectivity index (χ0n) is 23.3. The van der Waals surface area contributed by atoms with E-state index >= 15 is 0 Å². The molecule has 0 spiro atoms. The van der Waals surface area contributed by atoms with Crippen LogP contribution in [0.25, 0.3) is 18.4 Å². The molecule has 2 rings (SSSR count). The van der Waals surface area contributed by atoms with Crippen LogP contribution < -0.4 is 23.7 Å². The van der Waals surface area contributed by atoms with Gasteiger partial charge in [0.1, 0.15) is 13.2 Å². The number of hydrogen-bond acceptors (Lipinski definition) is 9. The summed E-state index contributed by atoms with van der Waals surface area (Å²) in [5.74, 6) is 0.280. The molecule has 42 heavy (non-hydrogen) atoms. The van der Waals surface area contributed by atoms with Crippen molar-refractivity contribution in [2.75, 3.05) is 41.7 Å². The topological polar surface area (TPSA) is 194 Å². The van der Waals surface area contributed by atoms with E-state index in [4.69, 9.17) is 61.8 Å². The predicted molar refractivity (Wildman–Crippen MR) is 159 cm³/mol. The largest absolute Gasteiger partial charge is 0.693 e. The van der Waals surface area contributed by atoms with Crippen molar-refractivity contribution in [3.8, 4) is 28.7 Å². The maximum atomic E-state index is 12.8. The van der Waals surface area contributed by atoms with Crippen LogP contribution in [0.2, 0.25) is 0 Å². The zero-order chi connectivity index (χ0) is 30.1. The van der Waals surface area contributed by atoms with E-state index in [1.807, 2.05) is 0 Å². The van der Waals surface area contributed by atoms with Gasteiger partial charge in [0.15, 0.2) is 28.8 Å². The fourth-order valence-electron chi connectivity index (χ4n) is 3.16. The Hall–Kier alpha value is -2.73. The van der Waals surface area contributed by atoms with E-state index in [0.29, 0.717) is 39.9 Å². The molecule has 0 aliphatic carbocycles. The van der Waals surface area contributed by atoms with Gasteiger partial charge in [0.25, 0.3) is 0 Å². The van der Waals surface area contributed by atoms with E-state index in [9.17, 15) is 14.4 Å². The molecule has 0 aliphatic rings. The van der Waals surface area contributed by atoms with Gasteiger partial charge in [-0.25, -0.2) is 0 Å². The number of carbonyl (C=O) groups excluding carboxylic acids is 2. The smallest absolute Gasteiger partial charge is 0.693 e. The van der Waals surface area contributed by atoms with E-state index in [-0.39, 0.29) is 50.6 Å². The third-order valence-electron chi connectivity index (χ3n) is 4.94. The molecule has 2 aromatic carbocycles. The Kier molecular flexibility index (Phi) is 22.5. The molecule has 0 saturated heterocycles. The number of rotatable bonds is 15. The molecule has 0 saturated carbocycles. The van der Waals surface area contributed by atoms with Crippen LogP contribution >= 0.6 is 28.3 Å². The number of ether oxygens (including phenoxy) is 6. The number of hydrogen-bond donors (Lipinski definition) is 1. The number of aliphatic carboxylic acids is 1. The summed E-state index contributed by atoms with van der Waals surface area (Å²) >= 11 is -1.85. The molecule has 0 amide bonds. The summed E-state index contributed by atoms with van der Waals surface area (Å²) in [6.45, 7) is 0.0628. The summed E-state index contributed by atoms with van der Waals surface area (Å²) < 4.78 is 31.9. The summed E-state index contributed by atoms with van der Waals surface area (Å²) in [6.07, 6.45) is 3.18. The van der Waals surface area contributed by atoms with Gasteiger partial charge in [0.05, 0.1) is 28.4 Å². The molecule has 0 radical (unpaired) electrons. The third-order valence-corrected chi connectivity index (χ3v) is 4.94. The molecular formula is C26H34Cl3N2O10Pt-2. The minimum Gasteiger partial charge on any atom is -0.693 e. The molecule has 0 fully saturated rings. The van der Waals surface area contributed by atoms with Gasteiger partial charge in [-0.05, 0) is 42.3 Å². The summed E-state index contributed by atoms with van der Waals surface area (Å²) in [6, 6.07) is 8.27. The van der Waals surface area contributed by atoms with Crippen molar-refractivity contribution in [1.29, 1.82) is 0 Å². The molecule has 0 heterocycles. The second kappa shape index (κ2) is 22.8. The molecule has 12 nitrogen and oxygen atoms in total. The summed E-state index contributed by atoms with van der Waals surface area (Å²) in [4.78, 5) is 34.9. The first-order chi connectivity index (χ1) is 19.1. The van der Waals surface area contributed by atoms with Crippen molar-refractivity contribution in [1.82, 2.24) is 0 Å². The number of ketones is 1. The Labute approximate surface area is 262 Å². The molecule has 2 aromatic rings. The average Bonchev–Trinajstić information content (AvgIpc) is 2.92. The predicted octanol–water partition coefficient (Wildman–Crippen LogP) is 7.29. The maximum absolute atomic E-state index is 12.8. The molecule has 0 aromatic heterocycles. The number of carboxylic acid groups (broad SMARTS) is 1. The number of carboxylic acids is 1. The van der Waals surface area contributed by atoms with Gasteiger partial charge >= 0.3 is 54.4 Å². The van der Waals surface area contributed by atoms with E-state index in [1.165, 1.54) is 34.5 Å². The van der Waals surface area contributed by atoms with E-state index in [2.05, 4.69) is 0 Å². The standard InChI is InChI=1S/C26H30O10.3ClH.2H2N.Pt/c1-31-20-11-9-17(14-21(20)35-12-13-36-25(30)7-5-6-24(28)29)8-10-19(27)18-15-22(32-2)26(34-4)23(16-18)33-3;;;;;;/h8-11,14-16H,5-7,12-13H2,1-4H3,(H,28,29);3*1H;2*1H2;/q;;;;2*-1;+3/p-3/b10-8+;;;;;;. The van der Waals surface area contributed by atoms with Gasteiger partial charge in [0.2, 0.25) is 5.75 Å². The SMILES string of the molecule is COc1ccc(/C=C/C(=O)c2cc(OC)c(OC)c(OC)c2)cc1OCCOC(=O)CCCC(=O)O.[Cl][Pt]([Cl])[Cl].[NH2-].[NH2-]. The number of esters is 1. The maximum Gasteiger partial charge on any atom is -0.693 e. The monoisotopic (exact) mass is 834 g/mol. The molecule has 0 aliphatic heterocycles. The van der Waals surface area contributed by atoms with E-state index < -0.39 is 26.1 Å². The number of nitrogens with two attached hydrogens (primary N) is 2. The van der Waals surface area contributed by atoms with Crippen molar-refractivity contribution in [3.05, 3.63) is 59.8 Å². The quantitative estimate of drug-likeness (QED) is 0.0824. The van der Waals surface area contributed by atoms with Crippen LogP contribution in [-0.4, -0.2) is 64.5 Å². The van der Waals surface area contributed by atoms with E-state index in [0.717, 1.165) is 0 Å². The number of benzene rings is 2. The van der Waals surface area contributed by atoms with Crippen LogP contribution in [0, 0.1) is 0 Å². The molecule has 0 atom stereocenters. The van der Waals surface area contributed by atoms with Crippen LogP contribution in [0.15, 0.2) is 36.4 Å². The fraction of sp³-hybridized carbons (Fsp3) is 0.346. The normalized spacial score (nSPS) is 10.1. The number of halogens is 3. The Morgan fingerprint density at radius 3 is 1.88 bits per heavy atom. The first-order valence-corrected chi connectivity index (χ1v) is 19.8. The second-order valence-electron chi connectivity index (χ2n) is 7.47. The van der Waals surface area contributed by atoms with Crippen LogP contribution in [0.3, 0.4) is 0 Å². The van der Waals surface area contributed by atoms with Crippen molar-refractivity contribution >= 4 is 52.1 Å². The summed E-state index contributed by atoms with van der Waals surface area (Å²) in [5.41, 5.74) is 1.04. The van der Waals surface area contributed by atoms with E-state index in [1.54, 1.807) is 36.4 Å². The van der Waals surface area contributed by atoms with Crippen molar-refractivity contribution in [2.24, 2.45) is 0 Å². The number of carbonyl (C=O) groups is 3. The molecule has 5 N–H and O–H groups in total. The Balaban J connectivity index is 0. The van der Waals surface area contributed by atoms with Crippen molar-refractivity contribution in [3.63, 3.8) is 0 Å². The molecule has 16 heteroatoms. The Bertz CT molecular complexity index is 1140. The molecular weight excluding hydrogens is 802 g/mol. The summed E-state index contributed by atoms with van der Waals surface area (Å²) in [5, 5.41) is 8.60. The summed E-state index contributed by atoms with van der Waals surface area (Å²) in [7, 11) is 20.8. The average molecular weight is 836 g/mol. The van der Waals surface area contributed by atoms with Crippen LogP contribution in [0.5, 0.6) is 28.7 Å². The third kappa shape index (κ3) is 15.5. The zero-order valence-corrected chi connectivity index (χ0v) is 27.8. The van der Waals surface area contributed by atoms with Crippen molar-refractivity contribution in [2.45, 2.75) is 19.3 Å². The first-order valence-electron chi connectivity index (χ1n) is 11.4. The number of allylic oxidation sites excluding steroid dienone is 1. The number of methoxy groups -OCH3 is 4. The first kappa shape index (κ1) is 41.4. The van der Waals surface area contributed by atoms with Crippen LogP contribution in [0.1, 0.15) is 35.2 Å². The molecule has 0 unspecified atom stereocenters. The second-order valence-corrected chi connectivity index (χ2v) is 17.3. The van der Waals surface area contributed by atoms with Gasteiger partial charge in [0, 0.05) is 18.4 Å². The minimum atomic E-state index is -1.85.